The molecular weight excluding hydrogens is 406 g/mol. The van der Waals surface area contributed by atoms with Crippen LogP contribution >= 0.6 is 0 Å². The quantitative estimate of drug-likeness (QED) is 0.553. The molecule has 1 N–H and O–H groups in total. The molecule has 0 atom stereocenters. The Kier molecular flexibility index (Phi) is 6.96. The van der Waals surface area contributed by atoms with Crippen LogP contribution in [0.3, 0.4) is 0 Å². The SMILES string of the molecule is COCCn1nc(CNC(=O)CCS(=O)(=O)c2ccccc2)c2ccccc2c1=O. The number of ether oxygens (including phenoxy) is 1. The fraction of sp³-hybridized carbons (Fsp3) is 0.286. The van der Waals surface area contributed by atoms with Crippen LogP contribution in [0.5, 0.6) is 0 Å². The van der Waals surface area contributed by atoms with Crippen LogP contribution in [0.4, 0.5) is 0 Å². The van der Waals surface area contributed by atoms with Gasteiger partial charge in [-0.1, -0.05) is 36.4 Å². The maximum absolute atomic E-state index is 12.6. The van der Waals surface area contributed by atoms with Crippen molar-refractivity contribution in [1.82, 2.24) is 15.1 Å². The lowest BCUT2D eigenvalue weighted by atomic mass is 10.1. The first-order chi connectivity index (χ1) is 14.4. The number of amides is 1. The molecule has 1 aromatic heterocycles. The Bertz CT molecular complexity index is 1190. The first-order valence-electron chi connectivity index (χ1n) is 9.44. The number of aromatic nitrogens is 2. The van der Waals surface area contributed by atoms with Gasteiger partial charge in [0.1, 0.15) is 0 Å². The molecule has 0 fully saturated rings. The summed E-state index contributed by atoms with van der Waals surface area (Å²) in [6.07, 6.45) is -0.168. The molecule has 0 spiro atoms. The Hall–Kier alpha value is -3.04. The van der Waals surface area contributed by atoms with Gasteiger partial charge in [-0.15, -0.1) is 0 Å². The zero-order chi connectivity index (χ0) is 21.6. The lowest BCUT2D eigenvalue weighted by molar-refractivity contribution is -0.120. The van der Waals surface area contributed by atoms with Gasteiger partial charge in [0.2, 0.25) is 5.91 Å². The van der Waals surface area contributed by atoms with Gasteiger partial charge in [0.25, 0.3) is 5.56 Å². The van der Waals surface area contributed by atoms with Crippen LogP contribution in [0, 0.1) is 0 Å². The van der Waals surface area contributed by atoms with Crippen molar-refractivity contribution in [2.24, 2.45) is 0 Å². The molecule has 0 unspecified atom stereocenters. The van der Waals surface area contributed by atoms with Crippen molar-refractivity contribution >= 4 is 26.5 Å². The van der Waals surface area contributed by atoms with Crippen molar-refractivity contribution in [3.05, 3.63) is 70.6 Å². The summed E-state index contributed by atoms with van der Waals surface area (Å²) in [6.45, 7) is 0.697. The zero-order valence-electron chi connectivity index (χ0n) is 16.6. The summed E-state index contributed by atoms with van der Waals surface area (Å²) < 4.78 is 31.0. The van der Waals surface area contributed by atoms with Gasteiger partial charge in [-0.05, 0) is 18.2 Å². The normalized spacial score (nSPS) is 11.5. The Morgan fingerprint density at radius 1 is 1.07 bits per heavy atom. The van der Waals surface area contributed by atoms with Gasteiger partial charge in [-0.3, -0.25) is 9.59 Å². The first kappa shape index (κ1) is 21.7. The molecule has 8 nitrogen and oxygen atoms in total. The lowest BCUT2D eigenvalue weighted by Gasteiger charge is -2.12. The van der Waals surface area contributed by atoms with E-state index < -0.39 is 15.7 Å². The smallest absolute Gasteiger partial charge is 0.274 e. The van der Waals surface area contributed by atoms with Gasteiger partial charge in [-0.25, -0.2) is 13.1 Å². The summed E-state index contributed by atoms with van der Waals surface area (Å²) in [7, 11) is -1.99. The highest BCUT2D eigenvalue weighted by Gasteiger charge is 2.17. The highest BCUT2D eigenvalue weighted by molar-refractivity contribution is 7.91. The molecule has 0 saturated heterocycles. The first-order valence-corrected chi connectivity index (χ1v) is 11.1. The van der Waals surface area contributed by atoms with E-state index in [1.165, 1.54) is 23.9 Å². The summed E-state index contributed by atoms with van der Waals surface area (Å²) >= 11 is 0. The summed E-state index contributed by atoms with van der Waals surface area (Å²) in [5.74, 6) is -0.695. The van der Waals surface area contributed by atoms with Crippen LogP contribution in [-0.2, 0) is 32.5 Å². The largest absolute Gasteiger partial charge is 0.383 e. The third kappa shape index (κ3) is 5.11. The van der Waals surface area contributed by atoms with Crippen molar-refractivity contribution in [1.29, 1.82) is 0 Å². The van der Waals surface area contributed by atoms with Gasteiger partial charge >= 0.3 is 0 Å². The van der Waals surface area contributed by atoms with Crippen molar-refractivity contribution in [2.75, 3.05) is 19.5 Å². The summed E-state index contributed by atoms with van der Waals surface area (Å²) in [5.41, 5.74) is 0.298. The topological polar surface area (TPSA) is 107 Å². The highest BCUT2D eigenvalue weighted by atomic mass is 32.2. The summed E-state index contributed by atoms with van der Waals surface area (Å²) in [5, 5.41) is 8.21. The molecule has 3 aromatic rings. The van der Waals surface area contributed by atoms with E-state index in [9.17, 15) is 18.0 Å². The van der Waals surface area contributed by atoms with E-state index in [1.807, 2.05) is 0 Å². The van der Waals surface area contributed by atoms with Gasteiger partial charge in [0.15, 0.2) is 9.84 Å². The van der Waals surface area contributed by atoms with E-state index in [0.29, 0.717) is 23.1 Å². The van der Waals surface area contributed by atoms with Crippen LogP contribution in [0.15, 0.2) is 64.3 Å². The number of rotatable bonds is 9. The minimum absolute atomic E-state index is 0.0813. The Balaban J connectivity index is 1.71. The molecule has 0 aliphatic carbocycles. The molecule has 2 aromatic carbocycles. The Morgan fingerprint density at radius 2 is 1.73 bits per heavy atom. The van der Waals surface area contributed by atoms with E-state index in [-0.39, 0.29) is 35.7 Å². The molecule has 158 valence electrons. The van der Waals surface area contributed by atoms with Crippen molar-refractivity contribution in [2.45, 2.75) is 24.4 Å². The molecule has 0 aliphatic rings. The van der Waals surface area contributed by atoms with Crippen LogP contribution in [-0.4, -0.2) is 43.6 Å². The van der Waals surface area contributed by atoms with E-state index in [0.717, 1.165) is 0 Å². The van der Waals surface area contributed by atoms with Crippen molar-refractivity contribution in [3.63, 3.8) is 0 Å². The number of hydrogen-bond acceptors (Lipinski definition) is 6. The average molecular weight is 429 g/mol. The van der Waals surface area contributed by atoms with Crippen LogP contribution in [0.2, 0.25) is 0 Å². The minimum Gasteiger partial charge on any atom is -0.383 e. The molecule has 1 heterocycles. The maximum Gasteiger partial charge on any atom is 0.274 e. The Labute approximate surface area is 174 Å². The highest BCUT2D eigenvalue weighted by Crippen LogP contribution is 2.14. The van der Waals surface area contributed by atoms with Crippen LogP contribution in [0.25, 0.3) is 10.8 Å². The summed E-state index contributed by atoms with van der Waals surface area (Å²) in [6, 6.07) is 15.1. The number of nitrogens with zero attached hydrogens (tertiary/aromatic N) is 2. The average Bonchev–Trinajstić information content (AvgIpc) is 2.77. The molecule has 9 heteroatoms. The number of carbonyl (C=O) groups excluding carboxylic acids is 1. The molecule has 30 heavy (non-hydrogen) atoms. The van der Waals surface area contributed by atoms with Crippen molar-refractivity contribution < 1.29 is 17.9 Å². The Morgan fingerprint density at radius 3 is 2.43 bits per heavy atom. The monoisotopic (exact) mass is 429 g/mol. The van der Waals surface area contributed by atoms with Gasteiger partial charge in [-0.2, -0.15) is 5.10 Å². The molecule has 0 radical (unpaired) electrons. The van der Waals surface area contributed by atoms with Gasteiger partial charge < -0.3 is 10.1 Å². The third-order valence-corrected chi connectivity index (χ3v) is 6.34. The van der Waals surface area contributed by atoms with Crippen molar-refractivity contribution in [3.8, 4) is 0 Å². The molecular formula is C21H23N3O5S. The molecule has 0 saturated carbocycles. The minimum atomic E-state index is -3.53. The number of sulfone groups is 1. The zero-order valence-corrected chi connectivity index (χ0v) is 17.4. The number of nitrogens with one attached hydrogen (secondary N) is 1. The van der Waals surface area contributed by atoms with Crippen LogP contribution < -0.4 is 10.9 Å². The molecule has 0 bridgehead atoms. The second-order valence-electron chi connectivity index (χ2n) is 6.67. The van der Waals surface area contributed by atoms with E-state index >= 15 is 0 Å². The fourth-order valence-electron chi connectivity index (χ4n) is 3.01. The van der Waals surface area contributed by atoms with E-state index in [2.05, 4.69) is 10.4 Å². The maximum atomic E-state index is 12.6. The number of hydrogen-bond donors (Lipinski definition) is 1. The molecule has 1 amide bonds. The number of benzene rings is 2. The number of methoxy groups -OCH3 is 1. The molecule has 0 aliphatic heterocycles. The number of fused-ring (bicyclic) bond motifs is 1. The second-order valence-corrected chi connectivity index (χ2v) is 8.78. The fourth-order valence-corrected chi connectivity index (χ4v) is 4.27. The van der Waals surface area contributed by atoms with Gasteiger partial charge in [0, 0.05) is 18.9 Å². The predicted octanol–water partition coefficient (Wildman–Crippen LogP) is 1.52. The third-order valence-electron chi connectivity index (χ3n) is 4.60. The second kappa shape index (κ2) is 9.64. The van der Waals surface area contributed by atoms with Crippen LogP contribution in [0.1, 0.15) is 12.1 Å². The number of carbonyl (C=O) groups is 1. The van der Waals surface area contributed by atoms with Gasteiger partial charge in [0.05, 0.1) is 41.4 Å². The predicted molar refractivity (Wildman–Crippen MR) is 113 cm³/mol. The standard InChI is InChI=1S/C21H23N3O5S/c1-29-13-12-24-21(26)18-10-6-5-9-17(18)19(23-24)15-22-20(25)11-14-30(27,28)16-7-3-2-4-8-16/h2-10H,11-15H2,1H3,(H,22,25). The van der Waals surface area contributed by atoms with E-state index in [4.69, 9.17) is 4.74 Å². The molecule has 3 rings (SSSR count). The summed E-state index contributed by atoms with van der Waals surface area (Å²) in [4.78, 5) is 25.0. The lowest BCUT2D eigenvalue weighted by Crippen LogP contribution is -2.30. The van der Waals surface area contributed by atoms with E-state index in [1.54, 1.807) is 42.5 Å².